The fourth-order valence-corrected chi connectivity index (χ4v) is 2.93. The van der Waals surface area contributed by atoms with E-state index < -0.39 is 5.97 Å². The fraction of sp³-hybridized carbons (Fsp3) is 0.100. The molecule has 0 aliphatic rings. The Morgan fingerprint density at radius 2 is 1.80 bits per heavy atom. The summed E-state index contributed by atoms with van der Waals surface area (Å²) < 4.78 is 5.89. The third kappa shape index (κ3) is 3.72. The number of esters is 1. The van der Waals surface area contributed by atoms with Crippen LogP contribution in [0.3, 0.4) is 0 Å². The van der Waals surface area contributed by atoms with E-state index in [-0.39, 0.29) is 11.4 Å². The molecule has 0 saturated carbocycles. The quantitative estimate of drug-likeness (QED) is 0.624. The number of rotatable bonds is 4. The summed E-state index contributed by atoms with van der Waals surface area (Å²) in [6.07, 6.45) is 0. The summed E-state index contributed by atoms with van der Waals surface area (Å²) >= 11 is 3.43. The van der Waals surface area contributed by atoms with Crippen LogP contribution in [0.1, 0.15) is 17.4 Å². The van der Waals surface area contributed by atoms with Gasteiger partial charge in [-0.05, 0) is 42.8 Å². The molecule has 3 aromatic rings. The van der Waals surface area contributed by atoms with Crippen LogP contribution in [0.4, 0.5) is 0 Å². The van der Waals surface area contributed by atoms with Gasteiger partial charge < -0.3 is 9.84 Å². The number of phenolic OH excluding ortho intramolecular Hbond substituents is 1. The zero-order chi connectivity index (χ0) is 17.8. The van der Waals surface area contributed by atoms with E-state index in [4.69, 9.17) is 4.74 Å². The highest BCUT2D eigenvalue weighted by atomic mass is 79.9. The van der Waals surface area contributed by atoms with Crippen molar-refractivity contribution in [1.29, 1.82) is 0 Å². The summed E-state index contributed by atoms with van der Waals surface area (Å²) in [5, 5.41) is 10.3. The van der Waals surface area contributed by atoms with Crippen LogP contribution in [-0.4, -0.2) is 22.7 Å². The topological polar surface area (TPSA) is 59.4 Å². The highest BCUT2D eigenvalue weighted by Crippen LogP contribution is 2.37. The molecule has 2 aromatic carbocycles. The van der Waals surface area contributed by atoms with E-state index in [1.165, 1.54) is 0 Å². The zero-order valence-electron chi connectivity index (χ0n) is 13.6. The van der Waals surface area contributed by atoms with Gasteiger partial charge in [0, 0.05) is 15.6 Å². The average Bonchev–Trinajstić information content (AvgIpc) is 2.64. The smallest absolute Gasteiger partial charge is 0.356 e. The number of hydrogen-bond donors (Lipinski definition) is 1. The maximum absolute atomic E-state index is 12.0. The molecule has 1 aromatic heterocycles. The molecule has 25 heavy (non-hydrogen) atoms. The van der Waals surface area contributed by atoms with Gasteiger partial charge in [-0.15, -0.1) is 0 Å². The SMILES string of the molecule is CCOC(=O)c1cccc(-c2ccccc2-c2cc(Br)ccc2O)n1. The first-order valence-corrected chi connectivity index (χ1v) is 8.62. The van der Waals surface area contributed by atoms with E-state index in [1.54, 1.807) is 31.2 Å². The highest BCUT2D eigenvalue weighted by molar-refractivity contribution is 9.10. The van der Waals surface area contributed by atoms with Crippen molar-refractivity contribution in [3.8, 4) is 28.1 Å². The van der Waals surface area contributed by atoms with Crippen molar-refractivity contribution in [2.75, 3.05) is 6.61 Å². The van der Waals surface area contributed by atoms with Gasteiger partial charge in [0.1, 0.15) is 11.4 Å². The molecule has 0 fully saturated rings. The van der Waals surface area contributed by atoms with Crippen molar-refractivity contribution in [1.82, 2.24) is 4.98 Å². The Bertz CT molecular complexity index is 924. The summed E-state index contributed by atoms with van der Waals surface area (Å²) in [5.41, 5.74) is 3.23. The second kappa shape index (κ2) is 7.49. The molecular formula is C20H16BrNO3. The van der Waals surface area contributed by atoms with Crippen molar-refractivity contribution >= 4 is 21.9 Å². The summed E-state index contributed by atoms with van der Waals surface area (Å²) in [6.45, 7) is 2.06. The minimum absolute atomic E-state index is 0.178. The molecule has 0 aliphatic heterocycles. The lowest BCUT2D eigenvalue weighted by atomic mass is 9.96. The molecule has 126 valence electrons. The fourth-order valence-electron chi connectivity index (χ4n) is 2.57. The second-order valence-electron chi connectivity index (χ2n) is 5.34. The zero-order valence-corrected chi connectivity index (χ0v) is 15.2. The Balaban J connectivity index is 2.12. The monoisotopic (exact) mass is 397 g/mol. The van der Waals surface area contributed by atoms with Gasteiger partial charge in [0.25, 0.3) is 0 Å². The molecule has 1 N–H and O–H groups in total. The Morgan fingerprint density at radius 1 is 1.04 bits per heavy atom. The van der Waals surface area contributed by atoms with Crippen LogP contribution in [-0.2, 0) is 4.74 Å². The summed E-state index contributed by atoms with van der Waals surface area (Å²) in [6, 6.07) is 18.1. The third-order valence-corrected chi connectivity index (χ3v) is 4.18. The molecule has 0 aliphatic carbocycles. The van der Waals surface area contributed by atoms with Gasteiger partial charge in [-0.25, -0.2) is 9.78 Å². The molecule has 0 unspecified atom stereocenters. The maximum atomic E-state index is 12.0. The first-order valence-electron chi connectivity index (χ1n) is 7.82. The minimum Gasteiger partial charge on any atom is -0.507 e. The molecule has 0 spiro atoms. The number of aromatic hydroxyl groups is 1. The van der Waals surface area contributed by atoms with Crippen LogP contribution >= 0.6 is 15.9 Å². The van der Waals surface area contributed by atoms with Crippen LogP contribution in [0.25, 0.3) is 22.4 Å². The Hall–Kier alpha value is -2.66. The molecule has 0 atom stereocenters. The van der Waals surface area contributed by atoms with Gasteiger partial charge in [-0.2, -0.15) is 0 Å². The van der Waals surface area contributed by atoms with Crippen molar-refractivity contribution in [3.63, 3.8) is 0 Å². The molecule has 0 radical (unpaired) electrons. The number of aromatic nitrogens is 1. The molecule has 0 bridgehead atoms. The number of nitrogens with zero attached hydrogens (tertiary/aromatic N) is 1. The number of halogens is 1. The maximum Gasteiger partial charge on any atom is 0.356 e. The van der Waals surface area contributed by atoms with Crippen LogP contribution in [0.15, 0.2) is 65.1 Å². The van der Waals surface area contributed by atoms with Crippen LogP contribution < -0.4 is 0 Å². The highest BCUT2D eigenvalue weighted by Gasteiger charge is 2.14. The second-order valence-corrected chi connectivity index (χ2v) is 6.25. The lowest BCUT2D eigenvalue weighted by molar-refractivity contribution is 0.0519. The molecule has 3 rings (SSSR count). The van der Waals surface area contributed by atoms with Crippen molar-refractivity contribution in [2.45, 2.75) is 6.92 Å². The number of benzene rings is 2. The van der Waals surface area contributed by atoms with Gasteiger partial charge in [-0.1, -0.05) is 46.3 Å². The number of hydrogen-bond acceptors (Lipinski definition) is 4. The van der Waals surface area contributed by atoms with Gasteiger partial charge in [0.15, 0.2) is 0 Å². The van der Waals surface area contributed by atoms with E-state index in [0.29, 0.717) is 17.9 Å². The summed E-state index contributed by atoms with van der Waals surface area (Å²) in [4.78, 5) is 16.4. The average molecular weight is 398 g/mol. The van der Waals surface area contributed by atoms with Gasteiger partial charge in [0.2, 0.25) is 0 Å². The molecule has 0 amide bonds. The number of carbonyl (C=O) groups excluding carboxylic acids is 1. The normalized spacial score (nSPS) is 10.5. The first-order chi connectivity index (χ1) is 12.1. The van der Waals surface area contributed by atoms with Crippen molar-refractivity contribution in [3.05, 3.63) is 70.8 Å². The van der Waals surface area contributed by atoms with Crippen LogP contribution in [0, 0.1) is 0 Å². The number of pyridine rings is 1. The lowest BCUT2D eigenvalue weighted by Crippen LogP contribution is -2.07. The van der Waals surface area contributed by atoms with Gasteiger partial charge in [-0.3, -0.25) is 0 Å². The van der Waals surface area contributed by atoms with Gasteiger partial charge >= 0.3 is 5.97 Å². The van der Waals surface area contributed by atoms with Gasteiger partial charge in [0.05, 0.1) is 12.3 Å². The summed E-state index contributed by atoms with van der Waals surface area (Å²) in [5.74, 6) is -0.274. The standard InChI is InChI=1S/C20H16BrNO3/c1-2-25-20(24)18-9-5-8-17(22-18)15-7-4-3-6-14(15)16-12-13(21)10-11-19(16)23/h3-12,23H,2H2,1H3. The van der Waals surface area contributed by atoms with Crippen LogP contribution in [0.2, 0.25) is 0 Å². The minimum atomic E-state index is -0.452. The Labute approximate surface area is 154 Å². The van der Waals surface area contributed by atoms with Crippen molar-refractivity contribution < 1.29 is 14.6 Å². The predicted octanol–water partition coefficient (Wildman–Crippen LogP) is 5.06. The van der Waals surface area contributed by atoms with E-state index in [2.05, 4.69) is 20.9 Å². The molecule has 5 heteroatoms. The number of ether oxygens (including phenoxy) is 1. The number of phenols is 1. The van der Waals surface area contributed by atoms with Crippen LogP contribution in [0.5, 0.6) is 5.75 Å². The Kier molecular flexibility index (Phi) is 5.14. The number of carbonyl (C=O) groups is 1. The summed E-state index contributed by atoms with van der Waals surface area (Å²) in [7, 11) is 0. The molecule has 0 saturated heterocycles. The first kappa shape index (κ1) is 17.2. The largest absolute Gasteiger partial charge is 0.507 e. The molecule has 1 heterocycles. The van der Waals surface area contributed by atoms with E-state index in [0.717, 1.165) is 15.6 Å². The molecule has 4 nitrogen and oxygen atoms in total. The lowest BCUT2D eigenvalue weighted by Gasteiger charge is -2.12. The molecular weight excluding hydrogens is 382 g/mol. The Morgan fingerprint density at radius 3 is 2.56 bits per heavy atom. The van der Waals surface area contributed by atoms with E-state index >= 15 is 0 Å². The van der Waals surface area contributed by atoms with Crippen molar-refractivity contribution in [2.24, 2.45) is 0 Å². The predicted molar refractivity (Wildman–Crippen MR) is 100 cm³/mol. The van der Waals surface area contributed by atoms with E-state index in [9.17, 15) is 9.90 Å². The van der Waals surface area contributed by atoms with E-state index in [1.807, 2.05) is 36.4 Å². The third-order valence-electron chi connectivity index (χ3n) is 3.69.